The predicted octanol–water partition coefficient (Wildman–Crippen LogP) is 2.06. The lowest BCUT2D eigenvalue weighted by Crippen LogP contribution is -2.08. The molecule has 0 fully saturated rings. The Kier molecular flexibility index (Phi) is 3.99. The van der Waals surface area contributed by atoms with Crippen molar-refractivity contribution < 1.29 is 14.1 Å². The van der Waals surface area contributed by atoms with Gasteiger partial charge in [0.15, 0.2) is 0 Å². The molecule has 2 rings (SSSR count). The normalized spacial score (nSPS) is 14.4. The number of carbonyl (C=O) groups is 1. The first-order valence-corrected chi connectivity index (χ1v) is 7.71. The molecule has 0 amide bonds. The van der Waals surface area contributed by atoms with Gasteiger partial charge >= 0.3 is 5.97 Å². The van der Waals surface area contributed by atoms with Gasteiger partial charge in [-0.3, -0.25) is 4.21 Å². The van der Waals surface area contributed by atoms with Crippen molar-refractivity contribution in [1.82, 2.24) is 9.55 Å². The maximum absolute atomic E-state index is 11.1. The van der Waals surface area contributed by atoms with Crippen LogP contribution in [0.1, 0.15) is 29.7 Å². The number of imidazole rings is 1. The number of carboxylic acids is 1. The van der Waals surface area contributed by atoms with Gasteiger partial charge in [0.1, 0.15) is 0 Å². The molecule has 2 unspecified atom stereocenters. The van der Waals surface area contributed by atoms with E-state index in [-0.39, 0.29) is 11.6 Å². The van der Waals surface area contributed by atoms with E-state index in [1.165, 1.54) is 0 Å². The minimum atomic E-state index is -0.947. The SMILES string of the molecule is CC(CCS(C)=O)n1cnc2ccc(C(=O)O)cc21. The molecule has 19 heavy (non-hydrogen) atoms. The first-order valence-electron chi connectivity index (χ1n) is 5.99. The number of hydrogen-bond donors (Lipinski definition) is 1. The fourth-order valence-electron chi connectivity index (χ4n) is 1.99. The smallest absolute Gasteiger partial charge is 0.335 e. The number of carboxylic acid groups (broad SMARTS) is 1. The first kappa shape index (κ1) is 13.7. The molecule has 1 aromatic heterocycles. The Labute approximate surface area is 113 Å². The minimum Gasteiger partial charge on any atom is -0.478 e. The fourth-order valence-corrected chi connectivity index (χ4v) is 2.66. The zero-order valence-electron chi connectivity index (χ0n) is 10.9. The maximum atomic E-state index is 11.1. The lowest BCUT2D eigenvalue weighted by Gasteiger charge is -2.13. The molecule has 1 N–H and O–H groups in total. The Morgan fingerprint density at radius 1 is 1.53 bits per heavy atom. The molecule has 2 atom stereocenters. The number of aromatic carboxylic acids is 1. The summed E-state index contributed by atoms with van der Waals surface area (Å²) in [6.45, 7) is 2.02. The average molecular weight is 280 g/mol. The summed E-state index contributed by atoms with van der Waals surface area (Å²) in [5.74, 6) is -0.323. The maximum Gasteiger partial charge on any atom is 0.335 e. The molecule has 102 valence electrons. The molecule has 1 heterocycles. The van der Waals surface area contributed by atoms with Gasteiger partial charge < -0.3 is 9.67 Å². The zero-order chi connectivity index (χ0) is 14.0. The van der Waals surface area contributed by atoms with Crippen molar-refractivity contribution in [2.45, 2.75) is 19.4 Å². The van der Waals surface area contributed by atoms with E-state index in [0.29, 0.717) is 5.75 Å². The van der Waals surface area contributed by atoms with Gasteiger partial charge in [-0.1, -0.05) is 0 Å². The summed E-state index contributed by atoms with van der Waals surface area (Å²) in [6.07, 6.45) is 4.16. The Bertz CT molecular complexity index is 636. The standard InChI is InChI=1S/C13H16N2O3S/c1-9(5-6-19(2)18)15-8-14-11-4-3-10(13(16)17)7-12(11)15/h3-4,7-9H,5-6H2,1-2H3,(H,16,17). The number of hydrogen-bond acceptors (Lipinski definition) is 3. The zero-order valence-corrected chi connectivity index (χ0v) is 11.7. The van der Waals surface area contributed by atoms with Crippen molar-refractivity contribution in [3.05, 3.63) is 30.1 Å². The molecule has 0 aliphatic heterocycles. The van der Waals surface area contributed by atoms with Crippen LogP contribution in [0.5, 0.6) is 0 Å². The number of rotatable bonds is 5. The Morgan fingerprint density at radius 2 is 2.26 bits per heavy atom. The van der Waals surface area contributed by atoms with Crippen LogP contribution in [0.2, 0.25) is 0 Å². The predicted molar refractivity (Wildman–Crippen MR) is 75.0 cm³/mol. The molecule has 0 bridgehead atoms. The molecule has 5 nitrogen and oxygen atoms in total. The fraction of sp³-hybridized carbons (Fsp3) is 0.385. The van der Waals surface area contributed by atoms with Gasteiger partial charge in [0.2, 0.25) is 0 Å². The van der Waals surface area contributed by atoms with E-state index >= 15 is 0 Å². The summed E-state index contributed by atoms with van der Waals surface area (Å²) in [4.78, 5) is 15.3. The van der Waals surface area contributed by atoms with Crippen LogP contribution in [0.25, 0.3) is 11.0 Å². The van der Waals surface area contributed by atoms with Gasteiger partial charge in [-0.2, -0.15) is 0 Å². The number of benzene rings is 1. The van der Waals surface area contributed by atoms with Crippen LogP contribution in [-0.2, 0) is 10.8 Å². The average Bonchev–Trinajstić information content (AvgIpc) is 2.78. The van der Waals surface area contributed by atoms with Crippen molar-refractivity contribution in [2.75, 3.05) is 12.0 Å². The van der Waals surface area contributed by atoms with Crippen molar-refractivity contribution in [1.29, 1.82) is 0 Å². The Balaban J connectivity index is 2.34. The van der Waals surface area contributed by atoms with Crippen molar-refractivity contribution in [3.8, 4) is 0 Å². The molecule has 0 saturated carbocycles. The van der Waals surface area contributed by atoms with Gasteiger partial charge in [-0.05, 0) is 31.5 Å². The van der Waals surface area contributed by atoms with Crippen LogP contribution in [0.4, 0.5) is 0 Å². The summed E-state index contributed by atoms with van der Waals surface area (Å²) in [5, 5.41) is 9.02. The number of nitrogens with zero attached hydrogens (tertiary/aromatic N) is 2. The molecule has 0 aliphatic rings. The molecule has 0 radical (unpaired) electrons. The van der Waals surface area contributed by atoms with Gasteiger partial charge in [-0.25, -0.2) is 9.78 Å². The Hall–Kier alpha value is -1.69. The second kappa shape index (κ2) is 5.52. The highest BCUT2D eigenvalue weighted by Crippen LogP contribution is 2.21. The van der Waals surface area contributed by atoms with Crippen molar-refractivity contribution >= 4 is 27.8 Å². The lowest BCUT2D eigenvalue weighted by atomic mass is 10.2. The van der Waals surface area contributed by atoms with Crippen LogP contribution in [0.15, 0.2) is 24.5 Å². The van der Waals surface area contributed by atoms with E-state index in [4.69, 9.17) is 5.11 Å². The molecule has 1 aromatic carbocycles. The third kappa shape index (κ3) is 3.01. The van der Waals surface area contributed by atoms with Gasteiger partial charge in [0.05, 0.1) is 22.9 Å². The van der Waals surface area contributed by atoms with E-state index in [0.717, 1.165) is 17.5 Å². The summed E-state index contributed by atoms with van der Waals surface area (Å²) in [5.41, 5.74) is 1.82. The second-order valence-electron chi connectivity index (χ2n) is 4.58. The van der Waals surface area contributed by atoms with E-state index in [1.807, 2.05) is 11.5 Å². The lowest BCUT2D eigenvalue weighted by molar-refractivity contribution is 0.0697. The highest BCUT2D eigenvalue weighted by molar-refractivity contribution is 7.84. The molecular formula is C13H16N2O3S. The first-order chi connectivity index (χ1) is 8.99. The molecule has 2 aromatic rings. The summed E-state index contributed by atoms with van der Waals surface area (Å²) < 4.78 is 13.1. The summed E-state index contributed by atoms with van der Waals surface area (Å²) >= 11 is 0. The molecule has 0 aliphatic carbocycles. The molecule has 0 spiro atoms. The molecular weight excluding hydrogens is 264 g/mol. The van der Waals surface area contributed by atoms with E-state index in [9.17, 15) is 9.00 Å². The van der Waals surface area contributed by atoms with Gasteiger partial charge in [0.25, 0.3) is 0 Å². The number of aromatic nitrogens is 2. The van der Waals surface area contributed by atoms with Gasteiger partial charge in [0, 0.05) is 28.9 Å². The van der Waals surface area contributed by atoms with Gasteiger partial charge in [-0.15, -0.1) is 0 Å². The van der Waals surface area contributed by atoms with E-state index in [2.05, 4.69) is 4.98 Å². The van der Waals surface area contributed by atoms with E-state index < -0.39 is 16.8 Å². The molecule has 0 saturated heterocycles. The highest BCUT2D eigenvalue weighted by Gasteiger charge is 2.12. The molecule has 6 heteroatoms. The summed E-state index contributed by atoms with van der Waals surface area (Å²) in [7, 11) is -0.821. The third-order valence-electron chi connectivity index (χ3n) is 3.12. The van der Waals surface area contributed by atoms with Crippen molar-refractivity contribution in [3.63, 3.8) is 0 Å². The van der Waals surface area contributed by atoms with E-state index in [1.54, 1.807) is 30.8 Å². The van der Waals surface area contributed by atoms with Crippen LogP contribution < -0.4 is 0 Å². The number of fused-ring (bicyclic) bond motifs is 1. The summed E-state index contributed by atoms with van der Waals surface area (Å²) in [6, 6.07) is 5.02. The monoisotopic (exact) mass is 280 g/mol. The quantitative estimate of drug-likeness (QED) is 0.910. The third-order valence-corrected chi connectivity index (χ3v) is 3.93. The van der Waals surface area contributed by atoms with Crippen molar-refractivity contribution in [2.24, 2.45) is 0 Å². The van der Waals surface area contributed by atoms with Crippen LogP contribution in [0.3, 0.4) is 0 Å². The second-order valence-corrected chi connectivity index (χ2v) is 6.13. The largest absolute Gasteiger partial charge is 0.478 e. The van der Waals surface area contributed by atoms with Crippen LogP contribution in [-0.4, -0.2) is 36.8 Å². The highest BCUT2D eigenvalue weighted by atomic mass is 32.2. The van der Waals surface area contributed by atoms with Crippen LogP contribution in [0, 0.1) is 0 Å². The Morgan fingerprint density at radius 3 is 2.89 bits per heavy atom. The van der Waals surface area contributed by atoms with Crippen LogP contribution >= 0.6 is 0 Å². The topological polar surface area (TPSA) is 72.2 Å². The minimum absolute atomic E-state index is 0.137.